The standard InChI is InChI=1S/C29H27F4N7O/c1-4-16-7-6-8-17(5-2)25(16)40-26(19-11-22(30)27(41-3)24-20(19)14-36-37-24)21-15-39(10-9-23(21)38-40)28-34-12-18(13-35-28)29(31,32)33/h6-8,11-14H,4-5,9-10,15H2,1-3H3,(H,36,37). The van der Waals surface area contributed by atoms with Crippen LogP contribution in [-0.2, 0) is 32.0 Å². The van der Waals surface area contributed by atoms with Crippen LogP contribution in [0.1, 0.15) is 41.8 Å². The molecule has 0 aliphatic carbocycles. The van der Waals surface area contributed by atoms with E-state index in [9.17, 15) is 13.2 Å². The van der Waals surface area contributed by atoms with Crippen molar-refractivity contribution >= 4 is 16.9 Å². The zero-order valence-electron chi connectivity index (χ0n) is 22.7. The van der Waals surface area contributed by atoms with Gasteiger partial charge in [-0.1, -0.05) is 32.0 Å². The van der Waals surface area contributed by atoms with E-state index in [4.69, 9.17) is 9.84 Å². The minimum Gasteiger partial charge on any atom is -0.492 e. The van der Waals surface area contributed by atoms with Gasteiger partial charge in [0.25, 0.3) is 0 Å². The second kappa shape index (κ2) is 10.2. The van der Waals surface area contributed by atoms with E-state index >= 15 is 4.39 Å². The highest BCUT2D eigenvalue weighted by atomic mass is 19.4. The summed E-state index contributed by atoms with van der Waals surface area (Å²) in [4.78, 5) is 9.85. The summed E-state index contributed by atoms with van der Waals surface area (Å²) in [5.41, 5.74) is 5.52. The van der Waals surface area contributed by atoms with Gasteiger partial charge < -0.3 is 9.64 Å². The maximum Gasteiger partial charge on any atom is 0.419 e. The fraction of sp³-hybridized carbons (Fsp3) is 0.310. The number of hydrogen-bond donors (Lipinski definition) is 1. The Hall–Kier alpha value is -4.48. The number of aromatic amines is 1. The molecule has 0 radical (unpaired) electrons. The van der Waals surface area contributed by atoms with Gasteiger partial charge in [0.05, 0.1) is 35.9 Å². The number of halogens is 4. The van der Waals surface area contributed by atoms with Crippen LogP contribution >= 0.6 is 0 Å². The largest absolute Gasteiger partial charge is 0.492 e. The van der Waals surface area contributed by atoms with Crippen LogP contribution in [0.2, 0.25) is 0 Å². The van der Waals surface area contributed by atoms with E-state index < -0.39 is 17.6 Å². The molecule has 0 amide bonds. The number of nitrogens with zero attached hydrogens (tertiary/aromatic N) is 6. The number of aromatic nitrogens is 6. The predicted octanol–water partition coefficient (Wildman–Crippen LogP) is 6.06. The van der Waals surface area contributed by atoms with Crippen LogP contribution in [-0.4, -0.2) is 43.6 Å². The second-order valence-corrected chi connectivity index (χ2v) is 9.86. The van der Waals surface area contributed by atoms with E-state index in [1.165, 1.54) is 13.2 Å². The normalized spacial score (nSPS) is 13.6. The Morgan fingerprint density at radius 1 is 1.05 bits per heavy atom. The second-order valence-electron chi connectivity index (χ2n) is 9.86. The third kappa shape index (κ3) is 4.47. The molecule has 3 aromatic heterocycles. The van der Waals surface area contributed by atoms with Crippen molar-refractivity contribution < 1.29 is 22.3 Å². The molecule has 1 N–H and O–H groups in total. The molecule has 0 atom stereocenters. The number of H-pyrrole nitrogens is 1. The molecule has 41 heavy (non-hydrogen) atoms. The van der Waals surface area contributed by atoms with Crippen LogP contribution in [0.3, 0.4) is 0 Å². The predicted molar refractivity (Wildman–Crippen MR) is 146 cm³/mol. The van der Waals surface area contributed by atoms with Crippen molar-refractivity contribution in [2.24, 2.45) is 0 Å². The monoisotopic (exact) mass is 565 g/mol. The van der Waals surface area contributed by atoms with E-state index in [1.807, 2.05) is 15.6 Å². The van der Waals surface area contributed by atoms with Crippen molar-refractivity contribution in [3.63, 3.8) is 0 Å². The van der Waals surface area contributed by atoms with Gasteiger partial charge in [0.1, 0.15) is 5.52 Å². The number of para-hydroxylation sites is 1. The van der Waals surface area contributed by atoms with E-state index in [0.29, 0.717) is 35.1 Å². The Labute approximate surface area is 233 Å². The zero-order valence-corrected chi connectivity index (χ0v) is 22.7. The average molecular weight is 566 g/mol. The number of benzene rings is 2. The fourth-order valence-electron chi connectivity index (χ4n) is 5.55. The van der Waals surface area contributed by atoms with Crippen molar-refractivity contribution in [1.29, 1.82) is 0 Å². The van der Waals surface area contributed by atoms with Gasteiger partial charge in [0.15, 0.2) is 11.6 Å². The van der Waals surface area contributed by atoms with Crippen LogP contribution in [0, 0.1) is 5.82 Å². The number of hydrogen-bond acceptors (Lipinski definition) is 6. The Kier molecular flexibility index (Phi) is 6.63. The van der Waals surface area contributed by atoms with E-state index in [-0.39, 0.29) is 18.2 Å². The van der Waals surface area contributed by atoms with Crippen molar-refractivity contribution in [2.45, 2.75) is 45.8 Å². The van der Waals surface area contributed by atoms with Gasteiger partial charge in [0, 0.05) is 48.4 Å². The van der Waals surface area contributed by atoms with Crippen LogP contribution < -0.4 is 9.64 Å². The van der Waals surface area contributed by atoms with Crippen LogP contribution in [0.5, 0.6) is 5.75 Å². The molecule has 212 valence electrons. The zero-order chi connectivity index (χ0) is 28.9. The SMILES string of the molecule is CCc1cccc(CC)c1-n1nc2c(c1-c1cc(F)c(OC)c3[nH]ncc13)CN(c1ncc(C(F)(F)F)cn1)CC2. The molecular weight excluding hydrogens is 538 g/mol. The number of methoxy groups -OCH3 is 1. The molecule has 0 spiro atoms. The molecule has 5 aromatic rings. The molecule has 0 saturated heterocycles. The summed E-state index contributed by atoms with van der Waals surface area (Å²) in [6.07, 6.45) is 0.709. The summed E-state index contributed by atoms with van der Waals surface area (Å²) in [5.74, 6) is -0.317. The molecule has 0 fully saturated rings. The molecule has 4 heterocycles. The first-order chi connectivity index (χ1) is 19.7. The first-order valence-corrected chi connectivity index (χ1v) is 13.3. The van der Waals surface area contributed by atoms with Gasteiger partial charge >= 0.3 is 6.18 Å². The van der Waals surface area contributed by atoms with Gasteiger partial charge in [-0.2, -0.15) is 23.4 Å². The number of fused-ring (bicyclic) bond motifs is 2. The Morgan fingerprint density at radius 2 is 1.76 bits per heavy atom. The molecule has 0 bridgehead atoms. The first-order valence-electron chi connectivity index (χ1n) is 13.3. The maximum atomic E-state index is 15.5. The number of alkyl halides is 3. The van der Waals surface area contributed by atoms with Crippen LogP contribution in [0.25, 0.3) is 27.8 Å². The first kappa shape index (κ1) is 26.7. The summed E-state index contributed by atoms with van der Waals surface area (Å²) in [7, 11) is 1.40. The lowest BCUT2D eigenvalue weighted by atomic mass is 9.97. The highest BCUT2D eigenvalue weighted by molar-refractivity contribution is 5.98. The lowest BCUT2D eigenvalue weighted by molar-refractivity contribution is -0.138. The summed E-state index contributed by atoms with van der Waals surface area (Å²) in [6, 6.07) is 7.57. The summed E-state index contributed by atoms with van der Waals surface area (Å²) in [5, 5.41) is 12.7. The molecular formula is C29H27F4N7O. The molecule has 0 saturated carbocycles. The van der Waals surface area contributed by atoms with Gasteiger partial charge in [-0.15, -0.1) is 0 Å². The number of nitrogens with one attached hydrogen (secondary N) is 1. The maximum absolute atomic E-state index is 15.5. The molecule has 0 unspecified atom stereocenters. The van der Waals surface area contributed by atoms with Crippen molar-refractivity contribution in [3.8, 4) is 22.7 Å². The third-order valence-electron chi connectivity index (χ3n) is 7.56. The minimum absolute atomic E-state index is 0.0594. The Morgan fingerprint density at radius 3 is 2.39 bits per heavy atom. The molecule has 12 heteroatoms. The highest BCUT2D eigenvalue weighted by Crippen LogP contribution is 2.41. The molecule has 6 rings (SSSR count). The lowest BCUT2D eigenvalue weighted by Gasteiger charge is -2.27. The number of aryl methyl sites for hydroxylation is 2. The summed E-state index contributed by atoms with van der Waals surface area (Å²) in [6.45, 7) is 4.89. The quantitative estimate of drug-likeness (QED) is 0.252. The molecule has 1 aliphatic heterocycles. The molecule has 8 nitrogen and oxygen atoms in total. The summed E-state index contributed by atoms with van der Waals surface area (Å²) < 4.78 is 62.0. The van der Waals surface area contributed by atoms with Crippen LogP contribution in [0.15, 0.2) is 42.9 Å². The Bertz CT molecular complexity index is 1720. The van der Waals surface area contributed by atoms with Gasteiger partial charge in [-0.05, 0) is 30.0 Å². The van der Waals surface area contributed by atoms with Gasteiger partial charge in [-0.3, -0.25) is 5.10 Å². The van der Waals surface area contributed by atoms with Gasteiger partial charge in [0.2, 0.25) is 5.95 Å². The van der Waals surface area contributed by atoms with Gasteiger partial charge in [-0.25, -0.2) is 19.0 Å². The number of rotatable bonds is 6. The van der Waals surface area contributed by atoms with Crippen molar-refractivity contribution in [1.82, 2.24) is 29.9 Å². The average Bonchev–Trinajstić information content (AvgIpc) is 3.61. The number of ether oxygens (including phenoxy) is 1. The molecule has 1 aliphatic rings. The topological polar surface area (TPSA) is 84.8 Å². The summed E-state index contributed by atoms with van der Waals surface area (Å²) >= 11 is 0. The van der Waals surface area contributed by atoms with Crippen molar-refractivity contribution in [2.75, 3.05) is 18.6 Å². The molecule has 2 aromatic carbocycles. The van der Waals surface area contributed by atoms with E-state index in [1.54, 1.807) is 6.20 Å². The third-order valence-corrected chi connectivity index (χ3v) is 7.56. The lowest BCUT2D eigenvalue weighted by Crippen LogP contribution is -2.31. The number of anilines is 1. The van der Waals surface area contributed by atoms with E-state index in [2.05, 4.69) is 46.1 Å². The minimum atomic E-state index is -4.53. The highest BCUT2D eigenvalue weighted by Gasteiger charge is 2.33. The fourth-order valence-corrected chi connectivity index (χ4v) is 5.55. The Balaban J connectivity index is 1.58. The smallest absolute Gasteiger partial charge is 0.419 e. The van der Waals surface area contributed by atoms with E-state index in [0.717, 1.165) is 53.3 Å². The van der Waals surface area contributed by atoms with Crippen LogP contribution in [0.4, 0.5) is 23.5 Å². The van der Waals surface area contributed by atoms with Crippen molar-refractivity contribution in [3.05, 3.63) is 76.6 Å².